The largest absolute Gasteiger partial charge is 0.378 e. The number of hydrogen-bond acceptors (Lipinski definition) is 3. The molecule has 1 atom stereocenters. The number of nitrogens with zero attached hydrogens (tertiary/aromatic N) is 1. The molecule has 0 spiro atoms. The van der Waals surface area contributed by atoms with Crippen LogP contribution in [0.25, 0.3) is 0 Å². The van der Waals surface area contributed by atoms with Crippen LogP contribution in [0.2, 0.25) is 0 Å². The molecule has 0 bridgehead atoms. The maximum Gasteiger partial charge on any atom is 0.229 e. The number of para-hydroxylation sites is 1. The molecule has 1 unspecified atom stereocenters. The van der Waals surface area contributed by atoms with Crippen LogP contribution in [0.3, 0.4) is 0 Å². The lowest BCUT2D eigenvalue weighted by atomic mass is 10.1. The molecule has 104 valence electrons. The molecule has 1 aromatic carbocycles. The Hall–Kier alpha value is -1.39. The van der Waals surface area contributed by atoms with E-state index in [1.54, 1.807) is 0 Å². The van der Waals surface area contributed by atoms with Crippen LogP contribution < -0.4 is 10.6 Å². The van der Waals surface area contributed by atoms with Crippen molar-refractivity contribution in [3.63, 3.8) is 0 Å². The van der Waals surface area contributed by atoms with Crippen LogP contribution in [0.15, 0.2) is 30.3 Å². The molecule has 1 heterocycles. The maximum atomic E-state index is 12.4. The first-order chi connectivity index (χ1) is 9.31. The van der Waals surface area contributed by atoms with Crippen molar-refractivity contribution < 1.29 is 9.53 Å². The summed E-state index contributed by atoms with van der Waals surface area (Å²) in [7, 11) is 0. The Morgan fingerprint density at radius 2 is 2.16 bits per heavy atom. The van der Waals surface area contributed by atoms with E-state index in [9.17, 15) is 4.79 Å². The van der Waals surface area contributed by atoms with E-state index in [0.717, 1.165) is 31.6 Å². The summed E-state index contributed by atoms with van der Waals surface area (Å²) in [6.07, 6.45) is 3.43. The molecule has 1 amide bonds. The van der Waals surface area contributed by atoms with Gasteiger partial charge in [-0.2, -0.15) is 0 Å². The molecule has 1 aromatic rings. The molecule has 2 rings (SSSR count). The maximum absolute atomic E-state index is 12.4. The lowest BCUT2D eigenvalue weighted by molar-refractivity contribution is -0.120. The van der Waals surface area contributed by atoms with Crippen molar-refractivity contribution in [3.8, 4) is 0 Å². The van der Waals surface area contributed by atoms with Gasteiger partial charge in [-0.15, -0.1) is 0 Å². The second kappa shape index (κ2) is 7.26. The van der Waals surface area contributed by atoms with E-state index >= 15 is 0 Å². The van der Waals surface area contributed by atoms with Crippen molar-refractivity contribution in [2.75, 3.05) is 24.6 Å². The average Bonchev–Trinajstić information content (AvgIpc) is 2.93. The highest BCUT2D eigenvalue weighted by Gasteiger charge is 2.23. The van der Waals surface area contributed by atoms with Crippen LogP contribution in [-0.2, 0) is 9.53 Å². The Labute approximate surface area is 114 Å². The van der Waals surface area contributed by atoms with Gasteiger partial charge in [-0.3, -0.25) is 4.79 Å². The predicted molar refractivity (Wildman–Crippen MR) is 76.1 cm³/mol. The summed E-state index contributed by atoms with van der Waals surface area (Å²) in [5, 5.41) is 0. The van der Waals surface area contributed by atoms with Gasteiger partial charge in [0, 0.05) is 18.8 Å². The first-order valence-corrected chi connectivity index (χ1v) is 6.98. The number of nitrogens with two attached hydrogens (primary N) is 1. The zero-order valence-corrected chi connectivity index (χ0v) is 11.3. The minimum absolute atomic E-state index is 0.0941. The number of benzene rings is 1. The molecule has 2 N–H and O–H groups in total. The van der Waals surface area contributed by atoms with E-state index in [-0.39, 0.29) is 12.0 Å². The van der Waals surface area contributed by atoms with Crippen LogP contribution in [0.1, 0.15) is 25.7 Å². The SMILES string of the molecule is NCCCN(C(=O)CC1CCCO1)c1ccccc1. The van der Waals surface area contributed by atoms with Gasteiger partial charge in [0.25, 0.3) is 0 Å². The molecular weight excluding hydrogens is 240 g/mol. The average molecular weight is 262 g/mol. The number of ether oxygens (including phenoxy) is 1. The standard InChI is InChI=1S/C15H22N2O2/c16-9-5-10-17(13-6-2-1-3-7-13)15(18)12-14-8-4-11-19-14/h1-3,6-7,14H,4-5,8-12,16H2. The Kier molecular flexibility index (Phi) is 5.36. The highest BCUT2D eigenvalue weighted by atomic mass is 16.5. The Morgan fingerprint density at radius 1 is 1.37 bits per heavy atom. The van der Waals surface area contributed by atoms with E-state index < -0.39 is 0 Å². The third-order valence-electron chi connectivity index (χ3n) is 3.38. The molecule has 4 nitrogen and oxygen atoms in total. The highest BCUT2D eigenvalue weighted by molar-refractivity contribution is 5.93. The number of amides is 1. The fourth-order valence-corrected chi connectivity index (χ4v) is 2.37. The number of hydrogen-bond donors (Lipinski definition) is 1. The van der Waals surface area contributed by atoms with Gasteiger partial charge >= 0.3 is 0 Å². The summed E-state index contributed by atoms with van der Waals surface area (Å²) >= 11 is 0. The summed E-state index contributed by atoms with van der Waals surface area (Å²) < 4.78 is 5.54. The molecule has 1 saturated heterocycles. The van der Waals surface area contributed by atoms with Gasteiger partial charge in [-0.05, 0) is 37.9 Å². The Morgan fingerprint density at radius 3 is 2.79 bits per heavy atom. The fourth-order valence-electron chi connectivity index (χ4n) is 2.37. The molecule has 1 fully saturated rings. The van der Waals surface area contributed by atoms with Gasteiger partial charge in [0.2, 0.25) is 5.91 Å². The van der Waals surface area contributed by atoms with Crippen LogP contribution >= 0.6 is 0 Å². The van der Waals surface area contributed by atoms with Crippen LogP contribution in [-0.4, -0.2) is 31.7 Å². The summed E-state index contributed by atoms with van der Waals surface area (Å²) in [4.78, 5) is 14.2. The lowest BCUT2D eigenvalue weighted by Crippen LogP contribution is -2.35. The minimum atomic E-state index is 0.0941. The quantitative estimate of drug-likeness (QED) is 0.852. The van der Waals surface area contributed by atoms with Crippen molar-refractivity contribution >= 4 is 11.6 Å². The zero-order valence-electron chi connectivity index (χ0n) is 11.3. The second-order valence-corrected chi connectivity index (χ2v) is 4.86. The zero-order chi connectivity index (χ0) is 13.5. The van der Waals surface area contributed by atoms with Crippen LogP contribution in [0.5, 0.6) is 0 Å². The monoisotopic (exact) mass is 262 g/mol. The third-order valence-corrected chi connectivity index (χ3v) is 3.38. The normalized spacial score (nSPS) is 18.5. The first-order valence-electron chi connectivity index (χ1n) is 6.98. The van der Waals surface area contributed by atoms with E-state index in [0.29, 0.717) is 19.5 Å². The summed E-state index contributed by atoms with van der Waals surface area (Å²) in [6.45, 7) is 2.05. The van der Waals surface area contributed by atoms with Crippen molar-refractivity contribution in [1.82, 2.24) is 0 Å². The molecule has 0 aromatic heterocycles. The van der Waals surface area contributed by atoms with Gasteiger partial charge in [0.1, 0.15) is 0 Å². The molecule has 1 aliphatic rings. The van der Waals surface area contributed by atoms with Crippen LogP contribution in [0.4, 0.5) is 5.69 Å². The topological polar surface area (TPSA) is 55.6 Å². The number of rotatable bonds is 6. The minimum Gasteiger partial charge on any atom is -0.378 e. The van der Waals surface area contributed by atoms with Crippen molar-refractivity contribution in [3.05, 3.63) is 30.3 Å². The fraction of sp³-hybridized carbons (Fsp3) is 0.533. The van der Waals surface area contributed by atoms with Crippen molar-refractivity contribution in [2.45, 2.75) is 31.8 Å². The molecule has 0 aliphatic carbocycles. The van der Waals surface area contributed by atoms with Gasteiger partial charge in [-0.25, -0.2) is 0 Å². The number of carbonyl (C=O) groups excluding carboxylic acids is 1. The molecule has 4 heteroatoms. The smallest absolute Gasteiger partial charge is 0.229 e. The Balaban J connectivity index is 2.01. The molecule has 1 aliphatic heterocycles. The molecule has 0 saturated carbocycles. The van der Waals surface area contributed by atoms with E-state index in [2.05, 4.69) is 0 Å². The Bertz CT molecular complexity index is 388. The van der Waals surface area contributed by atoms with Gasteiger partial charge in [-0.1, -0.05) is 18.2 Å². The summed E-state index contributed by atoms with van der Waals surface area (Å²) in [5.74, 6) is 0.131. The van der Waals surface area contributed by atoms with E-state index in [1.165, 1.54) is 0 Å². The van der Waals surface area contributed by atoms with Crippen LogP contribution in [0, 0.1) is 0 Å². The molecule has 0 radical (unpaired) electrons. The second-order valence-electron chi connectivity index (χ2n) is 4.86. The molecule has 19 heavy (non-hydrogen) atoms. The number of anilines is 1. The third kappa shape index (κ3) is 4.04. The van der Waals surface area contributed by atoms with Gasteiger partial charge in [0.15, 0.2) is 0 Å². The summed E-state index contributed by atoms with van der Waals surface area (Å²) in [6, 6.07) is 9.78. The molecular formula is C15H22N2O2. The first kappa shape index (κ1) is 14.0. The van der Waals surface area contributed by atoms with Crippen molar-refractivity contribution in [2.24, 2.45) is 5.73 Å². The number of carbonyl (C=O) groups is 1. The van der Waals surface area contributed by atoms with E-state index in [1.807, 2.05) is 35.2 Å². The summed E-state index contributed by atoms with van der Waals surface area (Å²) in [5.41, 5.74) is 6.50. The van der Waals surface area contributed by atoms with Crippen molar-refractivity contribution in [1.29, 1.82) is 0 Å². The van der Waals surface area contributed by atoms with Gasteiger partial charge in [0.05, 0.1) is 12.5 Å². The highest BCUT2D eigenvalue weighted by Crippen LogP contribution is 2.20. The van der Waals surface area contributed by atoms with Gasteiger partial charge < -0.3 is 15.4 Å². The lowest BCUT2D eigenvalue weighted by Gasteiger charge is -2.24. The van der Waals surface area contributed by atoms with E-state index in [4.69, 9.17) is 10.5 Å². The predicted octanol–water partition coefficient (Wildman–Crippen LogP) is 1.94.